The molecule has 2 N–H and O–H groups in total. The highest BCUT2D eigenvalue weighted by Gasteiger charge is 2.26. The van der Waals surface area contributed by atoms with Gasteiger partial charge < -0.3 is 9.88 Å². The summed E-state index contributed by atoms with van der Waals surface area (Å²) >= 11 is 2.01. The fourth-order valence-corrected chi connectivity index (χ4v) is 5.54. The van der Waals surface area contributed by atoms with Gasteiger partial charge in [0.2, 0.25) is 0 Å². The maximum atomic E-state index is 4.87. The predicted molar refractivity (Wildman–Crippen MR) is 120 cm³/mol. The molecule has 2 saturated carbocycles. The summed E-state index contributed by atoms with van der Waals surface area (Å²) in [6.45, 7) is 2.02. The van der Waals surface area contributed by atoms with E-state index < -0.39 is 0 Å². The first-order valence-electron chi connectivity index (χ1n) is 10.8. The lowest BCUT2D eigenvalue weighted by atomic mass is 9.89. The van der Waals surface area contributed by atoms with Gasteiger partial charge in [0.1, 0.15) is 5.82 Å². The van der Waals surface area contributed by atoms with Gasteiger partial charge in [0, 0.05) is 46.1 Å². The molecule has 5 rings (SSSR count). The van der Waals surface area contributed by atoms with E-state index in [1.165, 1.54) is 66.9 Å². The van der Waals surface area contributed by atoms with Crippen LogP contribution in [0.4, 0.5) is 11.5 Å². The first-order valence-corrected chi connectivity index (χ1v) is 11.7. The molecule has 2 aliphatic rings. The first-order chi connectivity index (χ1) is 14.2. The fraction of sp³-hybridized carbons (Fsp3) is 0.478. The molecule has 2 heterocycles. The molecule has 2 fully saturated rings. The Morgan fingerprint density at radius 2 is 1.93 bits per heavy atom. The molecule has 2 aromatic heterocycles. The topological polar surface area (TPSA) is 58.5 Å². The molecule has 29 heavy (non-hydrogen) atoms. The summed E-state index contributed by atoms with van der Waals surface area (Å²) < 4.78 is 2.34. The highest BCUT2D eigenvalue weighted by Crippen LogP contribution is 2.44. The average Bonchev–Trinajstić information content (AvgIpc) is 3.33. The second-order valence-electron chi connectivity index (χ2n) is 8.48. The van der Waals surface area contributed by atoms with E-state index >= 15 is 0 Å². The lowest BCUT2D eigenvalue weighted by Crippen LogP contribution is -2.10. The minimum Gasteiger partial charge on any atom is -0.339 e. The molecular formula is C23H29N5S. The van der Waals surface area contributed by atoms with E-state index in [-0.39, 0.29) is 0 Å². The van der Waals surface area contributed by atoms with Gasteiger partial charge in [0.15, 0.2) is 5.82 Å². The van der Waals surface area contributed by atoms with Gasteiger partial charge in [0.05, 0.1) is 11.9 Å². The van der Waals surface area contributed by atoms with Crippen LogP contribution in [-0.4, -0.2) is 25.0 Å². The Balaban J connectivity index is 1.46. The molecule has 0 atom stereocenters. The zero-order chi connectivity index (χ0) is 19.8. The predicted octanol–water partition coefficient (Wildman–Crippen LogP) is 6.16. The Morgan fingerprint density at radius 1 is 1.10 bits per heavy atom. The minimum atomic E-state index is 0.617. The van der Waals surface area contributed by atoms with Gasteiger partial charge in [0.25, 0.3) is 0 Å². The van der Waals surface area contributed by atoms with Crippen molar-refractivity contribution in [3.05, 3.63) is 42.0 Å². The van der Waals surface area contributed by atoms with Crippen molar-refractivity contribution in [2.45, 2.75) is 67.9 Å². The van der Waals surface area contributed by atoms with Crippen molar-refractivity contribution < 1.29 is 0 Å². The van der Waals surface area contributed by atoms with Crippen molar-refractivity contribution in [3.63, 3.8) is 0 Å². The van der Waals surface area contributed by atoms with Crippen LogP contribution in [0.15, 0.2) is 35.4 Å². The number of nitrogens with one attached hydrogen (secondary N) is 2. The van der Waals surface area contributed by atoms with Crippen molar-refractivity contribution >= 4 is 23.3 Å². The number of H-pyrrole nitrogens is 1. The van der Waals surface area contributed by atoms with Gasteiger partial charge >= 0.3 is 0 Å². The number of aromatic amines is 1. The van der Waals surface area contributed by atoms with Crippen LogP contribution < -0.4 is 5.32 Å². The molecule has 0 aliphatic heterocycles. The maximum absolute atomic E-state index is 4.87. The molecule has 5 nitrogen and oxygen atoms in total. The van der Waals surface area contributed by atoms with Gasteiger partial charge in [-0.2, -0.15) is 5.10 Å². The van der Waals surface area contributed by atoms with Crippen molar-refractivity contribution in [2.75, 3.05) is 5.32 Å². The van der Waals surface area contributed by atoms with Gasteiger partial charge in [-0.15, -0.1) is 11.8 Å². The molecule has 0 amide bonds. The third kappa shape index (κ3) is 4.08. The second kappa shape index (κ2) is 7.90. The summed E-state index contributed by atoms with van der Waals surface area (Å²) in [7, 11) is 2.19. The van der Waals surface area contributed by atoms with E-state index in [0.717, 1.165) is 22.4 Å². The van der Waals surface area contributed by atoms with Crippen molar-refractivity contribution in [3.8, 4) is 11.3 Å². The van der Waals surface area contributed by atoms with E-state index in [4.69, 9.17) is 4.98 Å². The number of thioether (sulfide) groups is 1. The summed E-state index contributed by atoms with van der Waals surface area (Å²) in [5.41, 5.74) is 4.67. The fourth-order valence-electron chi connectivity index (χ4n) is 4.32. The number of hydrogen-bond acceptors (Lipinski definition) is 4. The lowest BCUT2D eigenvalue weighted by molar-refractivity contribution is 0.422. The Kier molecular flexibility index (Phi) is 5.12. The quantitative estimate of drug-likeness (QED) is 0.513. The van der Waals surface area contributed by atoms with Crippen LogP contribution in [0.5, 0.6) is 0 Å². The van der Waals surface area contributed by atoms with E-state index in [1.54, 1.807) is 0 Å². The average molecular weight is 408 g/mol. The monoisotopic (exact) mass is 407 g/mol. The van der Waals surface area contributed by atoms with Gasteiger partial charge in [-0.25, -0.2) is 4.98 Å². The van der Waals surface area contributed by atoms with Crippen LogP contribution >= 0.6 is 11.8 Å². The lowest BCUT2D eigenvalue weighted by Gasteiger charge is -2.21. The molecule has 0 unspecified atom stereocenters. The number of aryl methyl sites for hydroxylation is 1. The van der Waals surface area contributed by atoms with E-state index in [1.807, 2.05) is 24.8 Å². The Bertz CT molecular complexity index is 995. The number of aromatic nitrogens is 4. The number of nitrogens with zero attached hydrogens (tertiary/aromatic N) is 3. The van der Waals surface area contributed by atoms with Gasteiger partial charge in [-0.1, -0.05) is 19.3 Å². The van der Waals surface area contributed by atoms with Crippen LogP contribution in [0.2, 0.25) is 0 Å². The molecule has 3 aromatic rings. The molecule has 2 aliphatic carbocycles. The highest BCUT2D eigenvalue weighted by atomic mass is 32.2. The molecule has 152 valence electrons. The summed E-state index contributed by atoms with van der Waals surface area (Å²) in [6, 6.07) is 8.70. The third-order valence-corrected chi connectivity index (χ3v) is 7.44. The van der Waals surface area contributed by atoms with E-state index in [0.29, 0.717) is 5.92 Å². The van der Waals surface area contributed by atoms with Crippen LogP contribution in [0.25, 0.3) is 11.3 Å². The van der Waals surface area contributed by atoms with Crippen LogP contribution in [-0.2, 0) is 7.05 Å². The normalized spacial score (nSPS) is 17.6. The van der Waals surface area contributed by atoms with Crippen LogP contribution in [0.3, 0.4) is 0 Å². The first kappa shape index (κ1) is 18.8. The maximum Gasteiger partial charge on any atom is 0.152 e. The zero-order valence-electron chi connectivity index (χ0n) is 17.2. The highest BCUT2D eigenvalue weighted by molar-refractivity contribution is 8.00. The summed E-state index contributed by atoms with van der Waals surface area (Å²) in [4.78, 5) is 6.20. The molecule has 0 radical (unpaired) electrons. The Hall–Kier alpha value is -2.21. The van der Waals surface area contributed by atoms with Crippen molar-refractivity contribution in [1.29, 1.82) is 0 Å². The SMILES string of the molecule is Cc1cc(Nc2ccc(-c3cnc(C4CCCCC4)n3C)c(SC3CC3)c2)n[nH]1. The molecule has 0 spiro atoms. The summed E-state index contributed by atoms with van der Waals surface area (Å²) in [6.07, 6.45) is 11.3. The second-order valence-corrected chi connectivity index (χ2v) is 9.83. The van der Waals surface area contributed by atoms with Gasteiger partial charge in [-0.3, -0.25) is 5.10 Å². The van der Waals surface area contributed by atoms with Crippen LogP contribution in [0, 0.1) is 6.92 Å². The molecule has 0 bridgehead atoms. The molecular weight excluding hydrogens is 378 g/mol. The number of rotatable bonds is 6. The number of anilines is 2. The van der Waals surface area contributed by atoms with Crippen molar-refractivity contribution in [1.82, 2.24) is 19.7 Å². The molecule has 6 heteroatoms. The molecule has 0 saturated heterocycles. The number of imidazole rings is 1. The van der Waals surface area contributed by atoms with Crippen molar-refractivity contribution in [2.24, 2.45) is 7.05 Å². The number of benzene rings is 1. The molecule has 1 aromatic carbocycles. The largest absolute Gasteiger partial charge is 0.339 e. The summed E-state index contributed by atoms with van der Waals surface area (Å²) in [5, 5.41) is 11.5. The Morgan fingerprint density at radius 3 is 2.66 bits per heavy atom. The van der Waals surface area contributed by atoms with Gasteiger partial charge in [-0.05, 0) is 50.8 Å². The zero-order valence-corrected chi connectivity index (χ0v) is 18.1. The standard InChI is InChI=1S/C23H29N5S/c1-15-12-22(27-26-15)25-17-8-11-19(21(13-17)29-18-9-10-18)20-14-24-23(28(20)2)16-6-4-3-5-7-16/h8,11-14,16,18H,3-7,9-10H2,1-2H3,(H2,25,26,27). The summed E-state index contributed by atoms with van der Waals surface area (Å²) in [5.74, 6) is 2.74. The van der Waals surface area contributed by atoms with E-state index in [2.05, 4.69) is 51.5 Å². The third-order valence-electron chi connectivity index (χ3n) is 6.05. The smallest absolute Gasteiger partial charge is 0.152 e. The van der Waals surface area contributed by atoms with E-state index in [9.17, 15) is 0 Å². The Labute approximate surface area is 176 Å². The number of hydrogen-bond donors (Lipinski definition) is 2. The minimum absolute atomic E-state index is 0.617. The van der Waals surface area contributed by atoms with Crippen LogP contribution in [0.1, 0.15) is 62.4 Å².